The molecule has 1 aliphatic carbocycles. The molecule has 2 aromatic rings. The second kappa shape index (κ2) is 12.9. The van der Waals surface area contributed by atoms with E-state index in [1.807, 2.05) is 0 Å². The summed E-state index contributed by atoms with van der Waals surface area (Å²) in [6.45, 7) is 2.23. The number of fused-ring (bicyclic) bond motifs is 1. The van der Waals surface area contributed by atoms with E-state index in [9.17, 15) is 14.4 Å². The highest BCUT2D eigenvalue weighted by Crippen LogP contribution is 2.30. The molecule has 0 aliphatic heterocycles. The third-order valence-electron chi connectivity index (χ3n) is 6.16. The second-order valence-corrected chi connectivity index (χ2v) is 8.70. The van der Waals surface area contributed by atoms with Crippen LogP contribution in [-0.2, 0) is 4.74 Å². The molecule has 0 saturated carbocycles. The number of carbonyl (C=O) groups excluding carboxylic acids is 3. The molecule has 0 atom stereocenters. The first-order valence-corrected chi connectivity index (χ1v) is 12.3. The summed E-state index contributed by atoms with van der Waals surface area (Å²) in [5, 5.41) is 0. The van der Waals surface area contributed by atoms with Crippen molar-refractivity contribution in [2.45, 2.75) is 77.6 Å². The number of unbranched alkanes of at least 4 members (excludes halogenated alkanes) is 9. The van der Waals surface area contributed by atoms with Gasteiger partial charge in [-0.15, -0.1) is 0 Å². The number of ketones is 2. The molecule has 4 heteroatoms. The van der Waals surface area contributed by atoms with Crippen molar-refractivity contribution in [3.63, 3.8) is 0 Å². The molecule has 33 heavy (non-hydrogen) atoms. The van der Waals surface area contributed by atoms with E-state index in [1.54, 1.807) is 54.6 Å². The van der Waals surface area contributed by atoms with E-state index in [0.29, 0.717) is 28.7 Å². The molecule has 4 nitrogen and oxygen atoms in total. The van der Waals surface area contributed by atoms with Gasteiger partial charge in [0.2, 0.25) is 5.78 Å². The number of allylic oxidation sites excluding steroid dienone is 2. The lowest BCUT2D eigenvalue weighted by molar-refractivity contribution is 0.0579. The Morgan fingerprint density at radius 2 is 1.18 bits per heavy atom. The number of hydrogen-bond donors (Lipinski definition) is 0. The van der Waals surface area contributed by atoms with Gasteiger partial charge in [0.1, 0.15) is 0 Å². The van der Waals surface area contributed by atoms with Crippen LogP contribution in [0.15, 0.2) is 65.9 Å². The topological polar surface area (TPSA) is 60.4 Å². The highest BCUT2D eigenvalue weighted by molar-refractivity contribution is 6.26. The molecule has 174 valence electrons. The van der Waals surface area contributed by atoms with Gasteiger partial charge in [0.05, 0.1) is 5.56 Å². The summed E-state index contributed by atoms with van der Waals surface area (Å²) in [5.74, 6) is -1.33. The molecule has 0 amide bonds. The normalized spacial score (nSPS) is 13.2. The minimum atomic E-state index is -0.619. The summed E-state index contributed by atoms with van der Waals surface area (Å²) < 4.78 is 5.54. The maximum atomic E-state index is 13.2. The second-order valence-electron chi connectivity index (χ2n) is 8.70. The van der Waals surface area contributed by atoms with Gasteiger partial charge in [0.15, 0.2) is 11.5 Å². The standard InChI is InChI=1S/C29H34O4/c1-2-3-4-5-6-7-8-9-10-14-21-25-26(30)23-19-15-16-20-24(23)27(31)28(25)33-29(32)22-17-12-11-13-18-22/h11-13,15-20H,2-10,14,21H2,1H3. The van der Waals surface area contributed by atoms with Crippen LogP contribution >= 0.6 is 0 Å². The van der Waals surface area contributed by atoms with E-state index in [1.165, 1.54) is 44.9 Å². The van der Waals surface area contributed by atoms with Crippen LogP contribution in [0.1, 0.15) is 109 Å². The summed E-state index contributed by atoms with van der Waals surface area (Å²) >= 11 is 0. The van der Waals surface area contributed by atoms with E-state index >= 15 is 0 Å². The van der Waals surface area contributed by atoms with Crippen molar-refractivity contribution in [2.24, 2.45) is 0 Å². The van der Waals surface area contributed by atoms with Crippen molar-refractivity contribution in [1.29, 1.82) is 0 Å². The van der Waals surface area contributed by atoms with Crippen LogP contribution in [0, 0.1) is 0 Å². The van der Waals surface area contributed by atoms with E-state index in [2.05, 4.69) is 6.92 Å². The van der Waals surface area contributed by atoms with Gasteiger partial charge in [-0.05, 0) is 25.0 Å². The lowest BCUT2D eigenvalue weighted by atomic mass is 9.85. The van der Waals surface area contributed by atoms with Gasteiger partial charge in [-0.3, -0.25) is 9.59 Å². The molecule has 0 bridgehead atoms. The Morgan fingerprint density at radius 3 is 1.79 bits per heavy atom. The first kappa shape index (κ1) is 24.6. The molecular formula is C29H34O4. The average Bonchev–Trinajstić information content (AvgIpc) is 2.85. The lowest BCUT2D eigenvalue weighted by Crippen LogP contribution is -2.25. The van der Waals surface area contributed by atoms with E-state index in [4.69, 9.17) is 4.74 Å². The van der Waals surface area contributed by atoms with E-state index in [0.717, 1.165) is 19.3 Å². The fourth-order valence-corrected chi connectivity index (χ4v) is 4.25. The molecule has 0 radical (unpaired) electrons. The summed E-state index contributed by atoms with van der Waals surface area (Å²) in [6.07, 6.45) is 12.3. The zero-order valence-electron chi connectivity index (χ0n) is 19.6. The smallest absolute Gasteiger partial charge is 0.343 e. The van der Waals surface area contributed by atoms with Crippen molar-refractivity contribution in [3.05, 3.63) is 82.6 Å². The molecule has 3 rings (SSSR count). The molecule has 0 heterocycles. The predicted molar refractivity (Wildman–Crippen MR) is 130 cm³/mol. The maximum Gasteiger partial charge on any atom is 0.343 e. The average molecular weight is 447 g/mol. The molecule has 0 unspecified atom stereocenters. The quantitative estimate of drug-likeness (QED) is 0.236. The van der Waals surface area contributed by atoms with Crippen molar-refractivity contribution in [3.8, 4) is 0 Å². The maximum absolute atomic E-state index is 13.2. The largest absolute Gasteiger partial charge is 0.418 e. The highest BCUT2D eigenvalue weighted by Gasteiger charge is 2.34. The third kappa shape index (κ3) is 6.74. The van der Waals surface area contributed by atoms with Gasteiger partial charge in [0, 0.05) is 16.7 Å². The Morgan fingerprint density at radius 1 is 0.667 bits per heavy atom. The first-order valence-electron chi connectivity index (χ1n) is 12.3. The van der Waals surface area contributed by atoms with E-state index < -0.39 is 11.8 Å². The van der Waals surface area contributed by atoms with Gasteiger partial charge >= 0.3 is 5.97 Å². The number of esters is 1. The van der Waals surface area contributed by atoms with Gasteiger partial charge < -0.3 is 4.74 Å². The van der Waals surface area contributed by atoms with Crippen LogP contribution in [0.5, 0.6) is 0 Å². The number of hydrogen-bond acceptors (Lipinski definition) is 4. The summed E-state index contributed by atoms with van der Waals surface area (Å²) in [5.41, 5.74) is 1.36. The number of ether oxygens (including phenoxy) is 1. The Hall–Kier alpha value is -3.01. The number of carbonyl (C=O) groups is 3. The zero-order valence-corrected chi connectivity index (χ0v) is 19.6. The molecule has 0 aromatic heterocycles. The van der Waals surface area contributed by atoms with Crippen molar-refractivity contribution in [2.75, 3.05) is 0 Å². The molecule has 0 fully saturated rings. The summed E-state index contributed by atoms with van der Waals surface area (Å²) in [7, 11) is 0. The molecule has 0 saturated heterocycles. The Labute approximate surface area is 197 Å². The summed E-state index contributed by atoms with van der Waals surface area (Å²) in [6, 6.07) is 15.3. The monoisotopic (exact) mass is 446 g/mol. The van der Waals surface area contributed by atoms with Gasteiger partial charge in [-0.25, -0.2) is 4.79 Å². The van der Waals surface area contributed by atoms with Crippen molar-refractivity contribution >= 4 is 17.5 Å². The van der Waals surface area contributed by atoms with E-state index in [-0.39, 0.29) is 11.5 Å². The number of rotatable bonds is 13. The molecular weight excluding hydrogens is 412 g/mol. The highest BCUT2D eigenvalue weighted by atomic mass is 16.5. The van der Waals surface area contributed by atoms with Gasteiger partial charge in [-0.2, -0.15) is 0 Å². The number of benzene rings is 2. The van der Waals surface area contributed by atoms with Crippen molar-refractivity contribution < 1.29 is 19.1 Å². The lowest BCUT2D eigenvalue weighted by Gasteiger charge is -2.20. The SMILES string of the molecule is CCCCCCCCCCCCC1=C(OC(=O)c2ccccc2)C(=O)c2ccccc2C1=O. The van der Waals surface area contributed by atoms with Crippen LogP contribution in [-0.4, -0.2) is 17.5 Å². The molecule has 2 aromatic carbocycles. The van der Waals surface area contributed by atoms with Gasteiger partial charge in [0.25, 0.3) is 0 Å². The Kier molecular flexibility index (Phi) is 9.61. The third-order valence-corrected chi connectivity index (χ3v) is 6.16. The first-order chi connectivity index (χ1) is 16.1. The van der Waals surface area contributed by atoms with Crippen LogP contribution in [0.4, 0.5) is 0 Å². The van der Waals surface area contributed by atoms with Crippen molar-refractivity contribution in [1.82, 2.24) is 0 Å². The predicted octanol–water partition coefficient (Wildman–Crippen LogP) is 7.49. The zero-order chi connectivity index (χ0) is 23.5. The summed E-state index contributed by atoms with van der Waals surface area (Å²) in [4.78, 5) is 39.0. The fourth-order valence-electron chi connectivity index (χ4n) is 4.25. The van der Waals surface area contributed by atoms with Crippen LogP contribution in [0.2, 0.25) is 0 Å². The fraction of sp³-hybridized carbons (Fsp3) is 0.414. The van der Waals surface area contributed by atoms with Crippen LogP contribution in [0.3, 0.4) is 0 Å². The Bertz CT molecular complexity index is 988. The molecule has 1 aliphatic rings. The van der Waals surface area contributed by atoms with Crippen LogP contribution in [0.25, 0.3) is 0 Å². The van der Waals surface area contributed by atoms with Crippen LogP contribution < -0.4 is 0 Å². The number of Topliss-reactive ketones (excluding diaryl/α,β-unsaturated/α-hetero) is 2. The minimum absolute atomic E-state index is 0.108. The minimum Gasteiger partial charge on any atom is -0.418 e. The molecule has 0 N–H and O–H groups in total. The van der Waals surface area contributed by atoms with Gasteiger partial charge in [-0.1, -0.05) is 107 Å². The molecule has 0 spiro atoms. The Balaban J connectivity index is 1.63.